The Morgan fingerprint density at radius 3 is 2.73 bits per heavy atom. The normalized spacial score (nSPS) is 19.3. The predicted octanol–water partition coefficient (Wildman–Crippen LogP) is 3.67. The van der Waals surface area contributed by atoms with Crippen LogP contribution in [0, 0.1) is 12.3 Å². The lowest BCUT2D eigenvalue weighted by Gasteiger charge is -2.07. The number of terminal acetylenes is 1. The van der Waals surface area contributed by atoms with Crippen LogP contribution < -0.4 is 4.74 Å². The SMILES string of the molecule is C#CCOc1ccccc1C(=O)C1OC1c1ccccc1Cl. The van der Waals surface area contributed by atoms with Crippen LogP contribution in [0.3, 0.4) is 0 Å². The number of epoxide rings is 1. The van der Waals surface area contributed by atoms with E-state index in [4.69, 9.17) is 27.5 Å². The van der Waals surface area contributed by atoms with E-state index in [1.807, 2.05) is 18.2 Å². The zero-order chi connectivity index (χ0) is 15.5. The first-order valence-corrected chi connectivity index (χ1v) is 7.19. The third-order valence-electron chi connectivity index (χ3n) is 3.43. The second-order valence-electron chi connectivity index (χ2n) is 4.85. The molecular formula is C18H13ClO3. The van der Waals surface area contributed by atoms with Gasteiger partial charge in [0.05, 0.1) is 5.56 Å². The number of ether oxygens (including phenoxy) is 2. The number of hydrogen-bond acceptors (Lipinski definition) is 3. The molecule has 1 heterocycles. The summed E-state index contributed by atoms with van der Waals surface area (Å²) in [6.45, 7) is 0.115. The van der Waals surface area contributed by atoms with Crippen molar-refractivity contribution in [2.45, 2.75) is 12.2 Å². The summed E-state index contributed by atoms with van der Waals surface area (Å²) in [4.78, 5) is 12.6. The molecule has 2 aromatic carbocycles. The summed E-state index contributed by atoms with van der Waals surface area (Å²) in [6, 6.07) is 14.4. The molecule has 1 saturated heterocycles. The molecule has 0 N–H and O–H groups in total. The molecule has 3 nitrogen and oxygen atoms in total. The first-order valence-electron chi connectivity index (χ1n) is 6.81. The third-order valence-corrected chi connectivity index (χ3v) is 3.77. The van der Waals surface area contributed by atoms with E-state index in [0.29, 0.717) is 16.3 Å². The highest BCUT2D eigenvalue weighted by Gasteiger charge is 2.47. The van der Waals surface area contributed by atoms with Crippen molar-refractivity contribution in [3.8, 4) is 18.1 Å². The van der Waals surface area contributed by atoms with Gasteiger partial charge in [-0.05, 0) is 18.2 Å². The van der Waals surface area contributed by atoms with Gasteiger partial charge in [0.25, 0.3) is 0 Å². The maximum absolute atomic E-state index is 12.6. The molecule has 0 radical (unpaired) electrons. The Bertz CT molecular complexity index is 748. The lowest BCUT2D eigenvalue weighted by atomic mass is 10.0. The Balaban J connectivity index is 1.80. The average molecular weight is 313 g/mol. The van der Waals surface area contributed by atoms with E-state index in [1.165, 1.54) is 0 Å². The van der Waals surface area contributed by atoms with Crippen molar-refractivity contribution in [2.24, 2.45) is 0 Å². The molecule has 0 spiro atoms. The smallest absolute Gasteiger partial charge is 0.198 e. The molecule has 2 aromatic rings. The van der Waals surface area contributed by atoms with Crippen molar-refractivity contribution in [2.75, 3.05) is 6.61 Å². The van der Waals surface area contributed by atoms with Crippen molar-refractivity contribution in [1.29, 1.82) is 0 Å². The number of halogens is 1. The first kappa shape index (κ1) is 14.6. The minimum atomic E-state index is -0.532. The fourth-order valence-corrected chi connectivity index (χ4v) is 2.57. The minimum absolute atomic E-state index is 0.115. The minimum Gasteiger partial charge on any atom is -0.480 e. The molecule has 0 saturated carbocycles. The van der Waals surface area contributed by atoms with Crippen LogP contribution >= 0.6 is 11.6 Å². The summed E-state index contributed by atoms with van der Waals surface area (Å²) in [6.07, 6.45) is 4.35. The molecule has 0 aliphatic carbocycles. The number of carbonyl (C=O) groups is 1. The highest BCUT2D eigenvalue weighted by Crippen LogP contribution is 2.44. The Kier molecular flexibility index (Phi) is 4.15. The number of rotatable bonds is 5. The molecule has 2 atom stereocenters. The third kappa shape index (κ3) is 2.85. The fourth-order valence-electron chi connectivity index (χ4n) is 2.32. The molecule has 4 heteroatoms. The van der Waals surface area contributed by atoms with Crippen molar-refractivity contribution < 1.29 is 14.3 Å². The van der Waals surface area contributed by atoms with Crippen molar-refractivity contribution in [3.05, 3.63) is 64.7 Å². The van der Waals surface area contributed by atoms with Crippen LogP contribution in [-0.2, 0) is 4.74 Å². The number of ketones is 1. The summed E-state index contributed by atoms with van der Waals surface area (Å²) in [5.74, 6) is 2.73. The monoisotopic (exact) mass is 312 g/mol. The largest absolute Gasteiger partial charge is 0.480 e. The summed E-state index contributed by atoms with van der Waals surface area (Å²) in [7, 11) is 0. The van der Waals surface area contributed by atoms with Gasteiger partial charge in [0.2, 0.25) is 0 Å². The molecule has 1 fully saturated rings. The molecule has 22 heavy (non-hydrogen) atoms. The van der Waals surface area contributed by atoms with E-state index < -0.39 is 6.10 Å². The van der Waals surface area contributed by atoms with Crippen LogP contribution in [-0.4, -0.2) is 18.5 Å². The quantitative estimate of drug-likeness (QED) is 0.480. The van der Waals surface area contributed by atoms with Crippen LogP contribution in [0.5, 0.6) is 5.75 Å². The van der Waals surface area contributed by atoms with E-state index >= 15 is 0 Å². The topological polar surface area (TPSA) is 38.8 Å². The summed E-state index contributed by atoms with van der Waals surface area (Å²) in [5, 5.41) is 0.597. The van der Waals surface area contributed by atoms with Crippen LogP contribution in [0.2, 0.25) is 5.02 Å². The van der Waals surface area contributed by atoms with E-state index in [2.05, 4.69) is 5.92 Å². The lowest BCUT2D eigenvalue weighted by molar-refractivity contribution is 0.0950. The molecule has 2 unspecified atom stereocenters. The highest BCUT2D eigenvalue weighted by atomic mass is 35.5. The maximum Gasteiger partial charge on any atom is 0.198 e. The van der Waals surface area contributed by atoms with Gasteiger partial charge in [-0.25, -0.2) is 0 Å². The number of Topliss-reactive ketones (excluding diaryl/α,β-unsaturated/α-hetero) is 1. The molecule has 1 aliphatic heterocycles. The Labute approximate surface area is 133 Å². The lowest BCUT2D eigenvalue weighted by Crippen LogP contribution is -2.11. The Morgan fingerprint density at radius 1 is 1.23 bits per heavy atom. The first-order chi connectivity index (χ1) is 10.7. The predicted molar refractivity (Wildman–Crippen MR) is 84.2 cm³/mol. The van der Waals surface area contributed by atoms with E-state index in [0.717, 1.165) is 5.56 Å². The summed E-state index contributed by atoms with van der Waals surface area (Å²) in [5.41, 5.74) is 1.29. The summed E-state index contributed by atoms with van der Waals surface area (Å²) < 4.78 is 10.9. The summed E-state index contributed by atoms with van der Waals surface area (Å²) >= 11 is 6.14. The zero-order valence-electron chi connectivity index (χ0n) is 11.7. The van der Waals surface area contributed by atoms with Gasteiger partial charge in [-0.2, -0.15) is 0 Å². The zero-order valence-corrected chi connectivity index (χ0v) is 12.4. The Hall–Kier alpha value is -2.28. The van der Waals surface area contributed by atoms with Gasteiger partial charge in [0.1, 0.15) is 18.5 Å². The van der Waals surface area contributed by atoms with Gasteiger partial charge in [-0.3, -0.25) is 4.79 Å². The molecular weight excluding hydrogens is 300 g/mol. The average Bonchev–Trinajstić information content (AvgIpc) is 3.33. The van der Waals surface area contributed by atoms with Gasteiger partial charge < -0.3 is 9.47 Å². The molecule has 3 rings (SSSR count). The molecule has 1 aliphatic rings. The van der Waals surface area contributed by atoms with Gasteiger partial charge in [-0.15, -0.1) is 6.42 Å². The molecule has 0 amide bonds. The number of carbonyl (C=O) groups excluding carboxylic acids is 1. The van der Waals surface area contributed by atoms with Crippen LogP contribution in [0.25, 0.3) is 0 Å². The van der Waals surface area contributed by atoms with Crippen LogP contribution in [0.4, 0.5) is 0 Å². The Morgan fingerprint density at radius 2 is 1.95 bits per heavy atom. The van der Waals surface area contributed by atoms with Gasteiger partial charge in [0.15, 0.2) is 11.9 Å². The molecule has 0 aromatic heterocycles. The number of hydrogen-bond donors (Lipinski definition) is 0. The standard InChI is InChI=1S/C18H13ClO3/c1-2-11-21-15-10-6-4-8-13(15)16(20)18-17(22-18)12-7-3-5-9-14(12)19/h1,3-10,17-18H,11H2. The van der Waals surface area contributed by atoms with E-state index in [9.17, 15) is 4.79 Å². The maximum atomic E-state index is 12.6. The molecule has 110 valence electrons. The number of benzene rings is 2. The van der Waals surface area contributed by atoms with Gasteiger partial charge in [-0.1, -0.05) is 47.9 Å². The van der Waals surface area contributed by atoms with Crippen LogP contribution in [0.15, 0.2) is 48.5 Å². The van der Waals surface area contributed by atoms with Crippen LogP contribution in [0.1, 0.15) is 22.0 Å². The second kappa shape index (κ2) is 6.23. The number of para-hydroxylation sites is 1. The second-order valence-corrected chi connectivity index (χ2v) is 5.26. The van der Waals surface area contributed by atoms with Gasteiger partial charge in [0, 0.05) is 10.6 Å². The van der Waals surface area contributed by atoms with Gasteiger partial charge >= 0.3 is 0 Å². The van der Waals surface area contributed by atoms with Crippen molar-refractivity contribution in [1.82, 2.24) is 0 Å². The van der Waals surface area contributed by atoms with Crippen molar-refractivity contribution in [3.63, 3.8) is 0 Å². The molecule has 0 bridgehead atoms. The van der Waals surface area contributed by atoms with Crippen molar-refractivity contribution >= 4 is 17.4 Å². The van der Waals surface area contributed by atoms with E-state index in [1.54, 1.807) is 30.3 Å². The fraction of sp³-hybridized carbons (Fsp3) is 0.167. The highest BCUT2D eigenvalue weighted by molar-refractivity contribution is 6.31. The van der Waals surface area contributed by atoms with E-state index in [-0.39, 0.29) is 18.5 Å².